The normalized spacial score (nSPS) is 23.0. The third-order valence-electron chi connectivity index (χ3n) is 4.72. The molecule has 0 unspecified atom stereocenters. The van der Waals surface area contributed by atoms with Crippen LogP contribution in [0, 0.1) is 0 Å². The molecule has 0 saturated carbocycles. The van der Waals surface area contributed by atoms with E-state index in [1.807, 2.05) is 12.3 Å². The molecule has 2 N–H and O–H groups in total. The maximum Gasteiger partial charge on any atom is 0.123 e. The summed E-state index contributed by atoms with van der Waals surface area (Å²) >= 11 is 0. The number of hydrogen-bond donors (Lipinski definition) is 1. The van der Waals surface area contributed by atoms with Crippen molar-refractivity contribution in [3.05, 3.63) is 23.9 Å². The Kier molecular flexibility index (Phi) is 4.53. The summed E-state index contributed by atoms with van der Waals surface area (Å²) in [6.45, 7) is 6.09. The van der Waals surface area contributed by atoms with E-state index >= 15 is 0 Å². The molecule has 110 valence electrons. The number of aromatic nitrogens is 1. The van der Waals surface area contributed by atoms with Crippen LogP contribution in [-0.2, 0) is 6.54 Å². The first-order valence-corrected chi connectivity index (χ1v) is 7.98. The third-order valence-corrected chi connectivity index (χ3v) is 4.72. The van der Waals surface area contributed by atoms with Gasteiger partial charge in [0.25, 0.3) is 0 Å². The summed E-state index contributed by atoms with van der Waals surface area (Å²) in [5.74, 6) is 0.609. The fraction of sp³-hybridized carbons (Fsp3) is 0.688. The SMILES string of the molecule is Nc1ccc(CN2CCC(N3CCCCC3)CC2)cn1. The second kappa shape index (κ2) is 6.55. The van der Waals surface area contributed by atoms with Gasteiger partial charge in [-0.1, -0.05) is 12.5 Å². The van der Waals surface area contributed by atoms with Gasteiger partial charge in [-0.25, -0.2) is 4.98 Å². The van der Waals surface area contributed by atoms with E-state index in [9.17, 15) is 0 Å². The van der Waals surface area contributed by atoms with Crippen molar-refractivity contribution < 1.29 is 0 Å². The Morgan fingerprint density at radius 3 is 2.45 bits per heavy atom. The number of nitrogens with zero attached hydrogens (tertiary/aromatic N) is 3. The second-order valence-electron chi connectivity index (χ2n) is 6.20. The molecule has 4 nitrogen and oxygen atoms in total. The number of piperidine rings is 2. The number of pyridine rings is 1. The lowest BCUT2D eigenvalue weighted by molar-refractivity contribution is 0.0896. The van der Waals surface area contributed by atoms with Crippen LogP contribution in [0.3, 0.4) is 0 Å². The van der Waals surface area contributed by atoms with Crippen LogP contribution < -0.4 is 5.73 Å². The Morgan fingerprint density at radius 1 is 1.05 bits per heavy atom. The monoisotopic (exact) mass is 274 g/mol. The number of nitrogens with two attached hydrogens (primary N) is 1. The summed E-state index contributed by atoms with van der Waals surface area (Å²) in [6.07, 6.45) is 8.78. The van der Waals surface area contributed by atoms with Gasteiger partial charge in [0.05, 0.1) is 0 Å². The van der Waals surface area contributed by atoms with Crippen LogP contribution in [0.4, 0.5) is 5.82 Å². The van der Waals surface area contributed by atoms with Gasteiger partial charge in [0, 0.05) is 18.8 Å². The molecular weight excluding hydrogens is 248 g/mol. The van der Waals surface area contributed by atoms with Crippen LogP contribution in [0.15, 0.2) is 18.3 Å². The summed E-state index contributed by atoms with van der Waals surface area (Å²) in [5, 5.41) is 0. The van der Waals surface area contributed by atoms with Crippen LogP contribution in [0.2, 0.25) is 0 Å². The molecule has 20 heavy (non-hydrogen) atoms. The Balaban J connectivity index is 1.47. The highest BCUT2D eigenvalue weighted by molar-refractivity contribution is 5.29. The largest absolute Gasteiger partial charge is 0.384 e. The minimum atomic E-state index is 0.609. The molecule has 2 fully saturated rings. The van der Waals surface area contributed by atoms with E-state index in [1.54, 1.807) is 0 Å². The Morgan fingerprint density at radius 2 is 1.80 bits per heavy atom. The molecule has 2 aliphatic heterocycles. The molecule has 0 amide bonds. The van der Waals surface area contributed by atoms with E-state index in [1.165, 1.54) is 63.8 Å². The quantitative estimate of drug-likeness (QED) is 0.917. The Bertz CT molecular complexity index is 403. The average Bonchev–Trinajstić information content (AvgIpc) is 2.51. The standard InChI is InChI=1S/C16H26N4/c17-16-5-4-14(12-18-16)13-19-10-6-15(7-11-19)20-8-2-1-3-9-20/h4-5,12,15H,1-3,6-11,13H2,(H2,17,18). The fourth-order valence-electron chi connectivity index (χ4n) is 3.51. The number of nitrogen functional groups attached to an aromatic ring is 1. The van der Waals surface area contributed by atoms with E-state index in [0.717, 1.165) is 12.6 Å². The lowest BCUT2D eigenvalue weighted by Gasteiger charge is -2.40. The lowest BCUT2D eigenvalue weighted by atomic mass is 9.99. The van der Waals surface area contributed by atoms with Crippen molar-refractivity contribution in [1.29, 1.82) is 0 Å². The Labute approximate surface area is 122 Å². The summed E-state index contributed by atoms with van der Waals surface area (Å²) in [6, 6.07) is 4.82. The first-order valence-electron chi connectivity index (χ1n) is 7.98. The molecule has 0 atom stereocenters. The predicted octanol–water partition coefficient (Wildman–Crippen LogP) is 2.11. The molecule has 2 aliphatic rings. The van der Waals surface area contributed by atoms with E-state index in [0.29, 0.717) is 5.82 Å². The molecule has 0 radical (unpaired) electrons. The summed E-state index contributed by atoms with van der Waals surface area (Å²) in [5.41, 5.74) is 6.90. The van der Waals surface area contributed by atoms with E-state index in [2.05, 4.69) is 20.9 Å². The molecule has 3 heterocycles. The van der Waals surface area contributed by atoms with Gasteiger partial charge < -0.3 is 10.6 Å². The van der Waals surface area contributed by atoms with Crippen molar-refractivity contribution in [3.8, 4) is 0 Å². The van der Waals surface area contributed by atoms with Crippen LogP contribution >= 0.6 is 0 Å². The first kappa shape index (κ1) is 13.8. The summed E-state index contributed by atoms with van der Waals surface area (Å²) in [4.78, 5) is 9.45. The van der Waals surface area contributed by atoms with Crippen molar-refractivity contribution in [1.82, 2.24) is 14.8 Å². The zero-order chi connectivity index (χ0) is 13.8. The molecule has 1 aromatic rings. The van der Waals surface area contributed by atoms with Gasteiger partial charge >= 0.3 is 0 Å². The summed E-state index contributed by atoms with van der Waals surface area (Å²) < 4.78 is 0. The first-order chi connectivity index (χ1) is 9.81. The van der Waals surface area contributed by atoms with Gasteiger partial charge in [-0.05, 0) is 63.5 Å². The van der Waals surface area contributed by atoms with Crippen LogP contribution in [0.5, 0.6) is 0 Å². The minimum Gasteiger partial charge on any atom is -0.384 e. The number of anilines is 1. The van der Waals surface area contributed by atoms with Crippen molar-refractivity contribution in [2.75, 3.05) is 31.9 Å². The number of rotatable bonds is 3. The van der Waals surface area contributed by atoms with E-state index < -0.39 is 0 Å². The maximum atomic E-state index is 5.63. The van der Waals surface area contributed by atoms with Crippen molar-refractivity contribution >= 4 is 5.82 Å². The molecule has 1 aromatic heterocycles. The van der Waals surface area contributed by atoms with E-state index in [-0.39, 0.29) is 0 Å². The molecular formula is C16H26N4. The van der Waals surface area contributed by atoms with Crippen LogP contribution in [0.25, 0.3) is 0 Å². The number of likely N-dealkylation sites (tertiary alicyclic amines) is 2. The third kappa shape index (κ3) is 3.49. The van der Waals surface area contributed by atoms with Gasteiger partial charge in [0.1, 0.15) is 5.82 Å². The second-order valence-corrected chi connectivity index (χ2v) is 6.20. The highest BCUT2D eigenvalue weighted by Crippen LogP contribution is 2.21. The topological polar surface area (TPSA) is 45.4 Å². The highest BCUT2D eigenvalue weighted by atomic mass is 15.2. The van der Waals surface area contributed by atoms with Gasteiger partial charge in [-0.2, -0.15) is 0 Å². The predicted molar refractivity (Wildman–Crippen MR) is 82.4 cm³/mol. The molecule has 0 aliphatic carbocycles. The van der Waals surface area contributed by atoms with Crippen molar-refractivity contribution in [2.24, 2.45) is 0 Å². The van der Waals surface area contributed by atoms with Gasteiger partial charge in [0.15, 0.2) is 0 Å². The molecule has 3 rings (SSSR count). The van der Waals surface area contributed by atoms with Crippen molar-refractivity contribution in [3.63, 3.8) is 0 Å². The van der Waals surface area contributed by atoms with Gasteiger partial charge in [0.2, 0.25) is 0 Å². The summed E-state index contributed by atoms with van der Waals surface area (Å²) in [7, 11) is 0. The zero-order valence-electron chi connectivity index (χ0n) is 12.3. The van der Waals surface area contributed by atoms with Crippen LogP contribution in [-0.4, -0.2) is 47.0 Å². The Hall–Kier alpha value is -1.13. The van der Waals surface area contributed by atoms with Gasteiger partial charge in [-0.3, -0.25) is 4.90 Å². The molecule has 2 saturated heterocycles. The highest BCUT2D eigenvalue weighted by Gasteiger charge is 2.25. The smallest absolute Gasteiger partial charge is 0.123 e. The van der Waals surface area contributed by atoms with Gasteiger partial charge in [-0.15, -0.1) is 0 Å². The number of hydrogen-bond acceptors (Lipinski definition) is 4. The fourth-order valence-corrected chi connectivity index (χ4v) is 3.51. The minimum absolute atomic E-state index is 0.609. The average molecular weight is 274 g/mol. The van der Waals surface area contributed by atoms with Crippen molar-refractivity contribution in [2.45, 2.75) is 44.7 Å². The maximum absolute atomic E-state index is 5.63. The lowest BCUT2D eigenvalue weighted by Crippen LogP contribution is -2.46. The molecule has 0 aromatic carbocycles. The molecule has 0 spiro atoms. The van der Waals surface area contributed by atoms with Crippen LogP contribution in [0.1, 0.15) is 37.7 Å². The van der Waals surface area contributed by atoms with E-state index in [4.69, 9.17) is 5.73 Å². The molecule has 4 heteroatoms. The molecule has 0 bridgehead atoms. The zero-order valence-corrected chi connectivity index (χ0v) is 12.3.